The number of nitrogen functional groups attached to an aromatic ring is 1. The van der Waals surface area contributed by atoms with Crippen LogP contribution >= 0.6 is 15.9 Å². The predicted octanol–water partition coefficient (Wildman–Crippen LogP) is 2.52. The molecule has 0 spiro atoms. The Bertz CT molecular complexity index is 312. The summed E-state index contributed by atoms with van der Waals surface area (Å²) in [5.41, 5.74) is 7.37. The SMILES string of the molecule is CNc1c(N)cc(Br)c(F)c1C. The second kappa shape index (κ2) is 3.31. The smallest absolute Gasteiger partial charge is 0.142 e. The topological polar surface area (TPSA) is 38.0 Å². The molecular weight excluding hydrogens is 223 g/mol. The zero-order valence-corrected chi connectivity index (χ0v) is 8.50. The van der Waals surface area contributed by atoms with Gasteiger partial charge in [0, 0.05) is 12.6 Å². The van der Waals surface area contributed by atoms with E-state index in [9.17, 15) is 4.39 Å². The van der Waals surface area contributed by atoms with E-state index in [4.69, 9.17) is 5.73 Å². The lowest BCUT2D eigenvalue weighted by atomic mass is 10.1. The Morgan fingerprint density at radius 2 is 2.17 bits per heavy atom. The van der Waals surface area contributed by atoms with Crippen molar-refractivity contribution < 1.29 is 4.39 Å². The summed E-state index contributed by atoms with van der Waals surface area (Å²) in [6, 6.07) is 1.55. The van der Waals surface area contributed by atoms with Crippen LogP contribution in [0.2, 0.25) is 0 Å². The van der Waals surface area contributed by atoms with Gasteiger partial charge in [0.1, 0.15) is 5.82 Å². The molecule has 0 unspecified atom stereocenters. The van der Waals surface area contributed by atoms with E-state index in [1.165, 1.54) is 0 Å². The molecule has 0 aliphatic carbocycles. The fraction of sp³-hybridized carbons (Fsp3) is 0.250. The largest absolute Gasteiger partial charge is 0.397 e. The minimum absolute atomic E-state index is 0.270. The number of benzene rings is 1. The molecule has 1 aromatic carbocycles. The van der Waals surface area contributed by atoms with Crippen molar-refractivity contribution in [2.24, 2.45) is 0 Å². The summed E-state index contributed by atoms with van der Waals surface area (Å²) < 4.78 is 13.6. The average Bonchev–Trinajstić information content (AvgIpc) is 2.01. The molecule has 0 radical (unpaired) electrons. The molecule has 1 rings (SSSR count). The van der Waals surface area contributed by atoms with Gasteiger partial charge < -0.3 is 11.1 Å². The molecule has 12 heavy (non-hydrogen) atoms. The zero-order chi connectivity index (χ0) is 9.30. The third-order valence-electron chi connectivity index (χ3n) is 1.73. The van der Waals surface area contributed by atoms with Crippen LogP contribution in [0.3, 0.4) is 0 Å². The van der Waals surface area contributed by atoms with Crippen LogP contribution in [0.4, 0.5) is 15.8 Å². The van der Waals surface area contributed by atoms with Gasteiger partial charge in [0.05, 0.1) is 15.8 Å². The Morgan fingerprint density at radius 3 is 2.67 bits per heavy atom. The second-order valence-electron chi connectivity index (χ2n) is 2.51. The van der Waals surface area contributed by atoms with Gasteiger partial charge in [0.2, 0.25) is 0 Å². The predicted molar refractivity (Wildman–Crippen MR) is 52.8 cm³/mol. The summed E-state index contributed by atoms with van der Waals surface area (Å²) in [6.45, 7) is 1.68. The van der Waals surface area contributed by atoms with Crippen LogP contribution in [0.25, 0.3) is 0 Å². The minimum atomic E-state index is -0.270. The Hall–Kier alpha value is -0.770. The Kier molecular flexibility index (Phi) is 2.57. The number of anilines is 2. The Balaban J connectivity index is 3.40. The summed E-state index contributed by atoms with van der Waals surface area (Å²) in [7, 11) is 1.71. The first-order chi connectivity index (χ1) is 5.57. The molecule has 0 saturated heterocycles. The summed E-state index contributed by atoms with van der Waals surface area (Å²) in [5.74, 6) is -0.270. The number of rotatable bonds is 1. The first-order valence-electron chi connectivity index (χ1n) is 3.49. The molecule has 0 atom stereocenters. The molecule has 1 aromatic rings. The molecule has 0 aromatic heterocycles. The second-order valence-corrected chi connectivity index (χ2v) is 3.37. The van der Waals surface area contributed by atoms with Gasteiger partial charge in [-0.3, -0.25) is 0 Å². The summed E-state index contributed by atoms with van der Waals surface area (Å²) in [4.78, 5) is 0. The van der Waals surface area contributed by atoms with Crippen molar-refractivity contribution in [2.75, 3.05) is 18.1 Å². The van der Waals surface area contributed by atoms with Crippen LogP contribution in [-0.2, 0) is 0 Å². The van der Waals surface area contributed by atoms with E-state index in [1.807, 2.05) is 0 Å². The summed E-state index contributed by atoms with van der Waals surface area (Å²) >= 11 is 3.08. The number of hydrogen-bond donors (Lipinski definition) is 2. The third-order valence-corrected chi connectivity index (χ3v) is 2.31. The van der Waals surface area contributed by atoms with E-state index >= 15 is 0 Å². The van der Waals surface area contributed by atoms with Crippen molar-refractivity contribution >= 4 is 27.3 Å². The van der Waals surface area contributed by atoms with Crippen LogP contribution in [-0.4, -0.2) is 7.05 Å². The van der Waals surface area contributed by atoms with Gasteiger partial charge in [-0.05, 0) is 28.9 Å². The highest BCUT2D eigenvalue weighted by Crippen LogP contribution is 2.30. The van der Waals surface area contributed by atoms with Crippen molar-refractivity contribution in [3.63, 3.8) is 0 Å². The number of nitrogens with one attached hydrogen (secondary N) is 1. The zero-order valence-electron chi connectivity index (χ0n) is 6.91. The van der Waals surface area contributed by atoms with Crippen LogP contribution in [0.15, 0.2) is 10.5 Å². The van der Waals surface area contributed by atoms with Crippen LogP contribution in [0.1, 0.15) is 5.56 Å². The quantitative estimate of drug-likeness (QED) is 0.731. The van der Waals surface area contributed by atoms with E-state index < -0.39 is 0 Å². The van der Waals surface area contributed by atoms with Crippen LogP contribution < -0.4 is 11.1 Å². The monoisotopic (exact) mass is 232 g/mol. The fourth-order valence-corrected chi connectivity index (χ4v) is 1.65. The normalized spacial score (nSPS) is 10.0. The lowest BCUT2D eigenvalue weighted by molar-refractivity contribution is 0.613. The molecule has 2 nitrogen and oxygen atoms in total. The highest BCUT2D eigenvalue weighted by atomic mass is 79.9. The molecule has 0 bridgehead atoms. The van der Waals surface area contributed by atoms with Gasteiger partial charge in [-0.25, -0.2) is 4.39 Å². The number of halogens is 2. The van der Waals surface area contributed by atoms with E-state index in [2.05, 4.69) is 21.2 Å². The van der Waals surface area contributed by atoms with Crippen molar-refractivity contribution in [2.45, 2.75) is 6.92 Å². The van der Waals surface area contributed by atoms with Gasteiger partial charge in [0.15, 0.2) is 0 Å². The van der Waals surface area contributed by atoms with Gasteiger partial charge in [0.25, 0.3) is 0 Å². The van der Waals surface area contributed by atoms with E-state index in [0.29, 0.717) is 21.4 Å². The maximum Gasteiger partial charge on any atom is 0.142 e. The fourth-order valence-electron chi connectivity index (χ4n) is 1.11. The maximum absolute atomic E-state index is 13.2. The molecule has 0 saturated carbocycles. The lowest BCUT2D eigenvalue weighted by Gasteiger charge is -2.10. The summed E-state index contributed by atoms with van der Waals surface area (Å²) in [6.07, 6.45) is 0. The maximum atomic E-state index is 13.2. The average molecular weight is 233 g/mol. The molecule has 66 valence electrons. The molecule has 0 amide bonds. The highest BCUT2D eigenvalue weighted by Gasteiger charge is 2.10. The lowest BCUT2D eigenvalue weighted by Crippen LogP contribution is -2.00. The molecule has 0 aliphatic heterocycles. The van der Waals surface area contributed by atoms with Gasteiger partial charge in [-0.15, -0.1) is 0 Å². The van der Waals surface area contributed by atoms with Gasteiger partial charge in [-0.1, -0.05) is 0 Å². The van der Waals surface area contributed by atoms with E-state index in [1.54, 1.807) is 20.0 Å². The van der Waals surface area contributed by atoms with Crippen molar-refractivity contribution in [1.82, 2.24) is 0 Å². The third kappa shape index (κ3) is 1.39. The van der Waals surface area contributed by atoms with Crippen LogP contribution in [0.5, 0.6) is 0 Å². The standard InChI is InChI=1S/C8H10BrFN2/c1-4-7(10)5(9)3-6(11)8(4)12-2/h3,12H,11H2,1-2H3. The molecule has 0 aliphatic rings. The minimum Gasteiger partial charge on any atom is -0.397 e. The Labute approximate surface area is 79.1 Å². The molecule has 0 heterocycles. The number of hydrogen-bond acceptors (Lipinski definition) is 2. The molecule has 4 heteroatoms. The Morgan fingerprint density at radius 1 is 1.58 bits per heavy atom. The van der Waals surface area contributed by atoms with Crippen LogP contribution in [0, 0.1) is 12.7 Å². The molecule has 3 N–H and O–H groups in total. The number of nitrogens with two attached hydrogens (primary N) is 1. The first kappa shape index (κ1) is 9.32. The first-order valence-corrected chi connectivity index (χ1v) is 4.29. The molecular formula is C8H10BrFN2. The van der Waals surface area contributed by atoms with Gasteiger partial charge in [-0.2, -0.15) is 0 Å². The van der Waals surface area contributed by atoms with Crippen molar-refractivity contribution in [3.8, 4) is 0 Å². The van der Waals surface area contributed by atoms with E-state index in [0.717, 1.165) is 0 Å². The van der Waals surface area contributed by atoms with Gasteiger partial charge >= 0.3 is 0 Å². The van der Waals surface area contributed by atoms with Crippen molar-refractivity contribution in [3.05, 3.63) is 21.9 Å². The summed E-state index contributed by atoms with van der Waals surface area (Å²) in [5, 5.41) is 2.85. The highest BCUT2D eigenvalue weighted by molar-refractivity contribution is 9.10. The molecule has 0 fully saturated rings. The van der Waals surface area contributed by atoms with E-state index in [-0.39, 0.29) is 5.82 Å². The van der Waals surface area contributed by atoms with Crippen molar-refractivity contribution in [1.29, 1.82) is 0 Å².